The maximum absolute atomic E-state index is 6.02. The monoisotopic (exact) mass is 357 g/mol. The third-order valence-corrected chi connectivity index (χ3v) is 5.32. The largest absolute Gasteiger partial charge is 0.312 e. The zero-order valence-corrected chi connectivity index (χ0v) is 14.2. The Morgan fingerprint density at radius 2 is 2.11 bits per heavy atom. The first-order valence-corrected chi connectivity index (χ1v) is 8.23. The predicted molar refractivity (Wildman–Crippen MR) is 88.2 cm³/mol. The lowest BCUT2D eigenvalue weighted by Gasteiger charge is -2.24. The molecule has 0 atom stereocenters. The average molecular weight is 359 g/mol. The van der Waals surface area contributed by atoms with E-state index in [0.717, 1.165) is 22.6 Å². The van der Waals surface area contributed by atoms with Crippen molar-refractivity contribution in [1.82, 2.24) is 5.32 Å². The van der Waals surface area contributed by atoms with Gasteiger partial charge in [0.1, 0.15) is 0 Å². The molecule has 1 N–H and O–H groups in total. The van der Waals surface area contributed by atoms with Crippen molar-refractivity contribution in [3.05, 3.63) is 55.6 Å². The van der Waals surface area contributed by atoms with Crippen molar-refractivity contribution in [3.63, 3.8) is 0 Å². The summed E-state index contributed by atoms with van der Waals surface area (Å²) < 4.78 is 1.10. The Labute approximate surface area is 132 Å². The molecule has 0 fully saturated rings. The van der Waals surface area contributed by atoms with E-state index in [1.165, 1.54) is 10.4 Å². The molecule has 1 aromatic heterocycles. The van der Waals surface area contributed by atoms with Gasteiger partial charge in [0.05, 0.1) is 0 Å². The van der Waals surface area contributed by atoms with Crippen molar-refractivity contribution in [2.24, 2.45) is 0 Å². The van der Waals surface area contributed by atoms with Gasteiger partial charge in [0.25, 0.3) is 0 Å². The molecule has 0 radical (unpaired) electrons. The van der Waals surface area contributed by atoms with E-state index in [2.05, 4.69) is 52.6 Å². The summed E-state index contributed by atoms with van der Waals surface area (Å²) in [6.45, 7) is 6.28. The highest BCUT2D eigenvalue weighted by Gasteiger charge is 2.21. The van der Waals surface area contributed by atoms with Crippen LogP contribution in [0.15, 0.2) is 40.2 Å². The highest BCUT2D eigenvalue weighted by atomic mass is 79.9. The number of halogens is 2. The van der Waals surface area contributed by atoms with E-state index in [1.807, 2.05) is 29.5 Å². The van der Waals surface area contributed by atoms with Gasteiger partial charge in [0.2, 0.25) is 0 Å². The van der Waals surface area contributed by atoms with Gasteiger partial charge in [0.15, 0.2) is 0 Å². The van der Waals surface area contributed by atoms with Gasteiger partial charge in [-0.2, -0.15) is 0 Å². The molecule has 0 aliphatic rings. The minimum Gasteiger partial charge on any atom is -0.312 e. The van der Waals surface area contributed by atoms with Crippen LogP contribution in [-0.2, 0) is 12.0 Å². The van der Waals surface area contributed by atoms with Gasteiger partial charge in [0, 0.05) is 32.9 Å². The van der Waals surface area contributed by atoms with Crippen LogP contribution in [0.25, 0.3) is 0 Å². The molecule has 0 aliphatic heterocycles. The SMILES string of the molecule is CC(C)(CNCc1cc(Cl)ccc1Br)c1cccs1. The van der Waals surface area contributed by atoms with Gasteiger partial charge < -0.3 is 5.32 Å². The fourth-order valence-electron chi connectivity index (χ4n) is 1.94. The molecule has 102 valence electrons. The quantitative estimate of drug-likeness (QED) is 0.771. The minimum absolute atomic E-state index is 0.152. The van der Waals surface area contributed by atoms with Gasteiger partial charge in [-0.15, -0.1) is 11.3 Å². The van der Waals surface area contributed by atoms with Crippen LogP contribution in [-0.4, -0.2) is 6.54 Å². The van der Waals surface area contributed by atoms with Crippen molar-refractivity contribution >= 4 is 38.9 Å². The number of hydrogen-bond acceptors (Lipinski definition) is 2. The lowest BCUT2D eigenvalue weighted by molar-refractivity contribution is 0.476. The van der Waals surface area contributed by atoms with E-state index >= 15 is 0 Å². The Kier molecular flexibility index (Phi) is 5.07. The third kappa shape index (κ3) is 4.06. The van der Waals surface area contributed by atoms with E-state index in [0.29, 0.717) is 0 Å². The summed E-state index contributed by atoms with van der Waals surface area (Å²) in [5.74, 6) is 0. The average Bonchev–Trinajstić information content (AvgIpc) is 2.88. The molecular weight excluding hydrogens is 342 g/mol. The molecule has 2 rings (SSSR count). The highest BCUT2D eigenvalue weighted by molar-refractivity contribution is 9.10. The van der Waals surface area contributed by atoms with Crippen LogP contribution in [0.5, 0.6) is 0 Å². The van der Waals surface area contributed by atoms with Crippen molar-refractivity contribution in [2.75, 3.05) is 6.54 Å². The molecule has 0 saturated carbocycles. The summed E-state index contributed by atoms with van der Waals surface area (Å²) in [6.07, 6.45) is 0. The Morgan fingerprint density at radius 1 is 1.32 bits per heavy atom. The molecule has 1 nitrogen and oxygen atoms in total. The van der Waals surface area contributed by atoms with Gasteiger partial charge in [-0.05, 0) is 35.2 Å². The molecule has 0 amide bonds. The number of rotatable bonds is 5. The first-order chi connectivity index (χ1) is 8.99. The van der Waals surface area contributed by atoms with Crippen molar-refractivity contribution in [3.8, 4) is 0 Å². The molecular formula is C15H17BrClNS. The molecule has 0 aliphatic carbocycles. The van der Waals surface area contributed by atoms with E-state index < -0.39 is 0 Å². The van der Waals surface area contributed by atoms with Crippen LogP contribution in [0.4, 0.5) is 0 Å². The number of thiophene rings is 1. The molecule has 4 heteroatoms. The Balaban J connectivity index is 1.95. The van der Waals surface area contributed by atoms with Crippen LogP contribution in [0, 0.1) is 0 Å². The van der Waals surface area contributed by atoms with Crippen LogP contribution < -0.4 is 5.32 Å². The topological polar surface area (TPSA) is 12.0 Å². The van der Waals surface area contributed by atoms with E-state index in [9.17, 15) is 0 Å². The maximum atomic E-state index is 6.02. The second-order valence-electron chi connectivity index (χ2n) is 5.20. The van der Waals surface area contributed by atoms with Gasteiger partial charge in [-0.1, -0.05) is 47.4 Å². The Hall–Kier alpha value is -0.350. The first-order valence-electron chi connectivity index (χ1n) is 6.18. The molecule has 0 spiro atoms. The smallest absolute Gasteiger partial charge is 0.0410 e. The number of benzene rings is 1. The summed E-state index contributed by atoms with van der Waals surface area (Å²) in [6, 6.07) is 10.2. The van der Waals surface area contributed by atoms with Crippen molar-refractivity contribution in [1.29, 1.82) is 0 Å². The molecule has 0 saturated heterocycles. The van der Waals surface area contributed by atoms with Crippen molar-refractivity contribution in [2.45, 2.75) is 25.8 Å². The number of nitrogens with one attached hydrogen (secondary N) is 1. The summed E-state index contributed by atoms with van der Waals surface area (Å²) in [5.41, 5.74) is 1.34. The minimum atomic E-state index is 0.152. The van der Waals surface area contributed by atoms with Gasteiger partial charge in [-0.25, -0.2) is 0 Å². The summed E-state index contributed by atoms with van der Waals surface area (Å²) in [7, 11) is 0. The Bertz CT molecular complexity index is 537. The maximum Gasteiger partial charge on any atom is 0.0410 e. The van der Waals surface area contributed by atoms with Crippen LogP contribution in [0.1, 0.15) is 24.3 Å². The molecule has 0 unspecified atom stereocenters. The van der Waals surface area contributed by atoms with Crippen molar-refractivity contribution < 1.29 is 0 Å². The lowest BCUT2D eigenvalue weighted by atomic mass is 9.91. The first kappa shape index (κ1) is 15.0. The zero-order chi connectivity index (χ0) is 13.9. The van der Waals surface area contributed by atoms with E-state index in [1.54, 1.807) is 0 Å². The van der Waals surface area contributed by atoms with Crippen LogP contribution in [0.2, 0.25) is 5.02 Å². The lowest BCUT2D eigenvalue weighted by Crippen LogP contribution is -2.31. The molecule has 0 bridgehead atoms. The van der Waals surface area contributed by atoms with Gasteiger partial charge in [-0.3, -0.25) is 0 Å². The molecule has 19 heavy (non-hydrogen) atoms. The summed E-state index contributed by atoms with van der Waals surface area (Å²) in [5, 5.41) is 6.42. The third-order valence-electron chi connectivity index (χ3n) is 3.08. The fourth-order valence-corrected chi connectivity index (χ4v) is 3.37. The predicted octanol–water partition coefficient (Wildman–Crippen LogP) is 5.23. The molecule has 1 heterocycles. The fraction of sp³-hybridized carbons (Fsp3) is 0.333. The van der Waals surface area contributed by atoms with E-state index in [-0.39, 0.29) is 5.41 Å². The number of hydrogen-bond donors (Lipinski definition) is 1. The second-order valence-corrected chi connectivity index (χ2v) is 7.44. The van der Waals surface area contributed by atoms with E-state index in [4.69, 9.17) is 11.6 Å². The summed E-state index contributed by atoms with van der Waals surface area (Å²) >= 11 is 11.4. The highest BCUT2D eigenvalue weighted by Crippen LogP contribution is 2.27. The zero-order valence-electron chi connectivity index (χ0n) is 11.0. The Morgan fingerprint density at radius 3 is 2.79 bits per heavy atom. The van der Waals surface area contributed by atoms with Gasteiger partial charge >= 0.3 is 0 Å². The molecule has 2 aromatic rings. The summed E-state index contributed by atoms with van der Waals surface area (Å²) in [4.78, 5) is 1.41. The van der Waals surface area contributed by atoms with Crippen LogP contribution >= 0.6 is 38.9 Å². The normalized spacial score (nSPS) is 11.8. The van der Waals surface area contributed by atoms with Crippen LogP contribution in [0.3, 0.4) is 0 Å². The molecule has 1 aromatic carbocycles. The second kappa shape index (κ2) is 6.40. The standard InChI is InChI=1S/C15H17BrClNS/c1-15(2,14-4-3-7-19-14)10-18-9-11-8-12(17)5-6-13(11)16/h3-8,18H,9-10H2,1-2H3.